The Hall–Kier alpha value is -4.23. The van der Waals surface area contributed by atoms with E-state index < -0.39 is 46.2 Å². The molecule has 19 heteroatoms. The summed E-state index contributed by atoms with van der Waals surface area (Å²) >= 11 is 1.27. The lowest BCUT2D eigenvalue weighted by molar-refractivity contribution is -0.275. The van der Waals surface area contributed by atoms with Crippen molar-refractivity contribution in [3.05, 3.63) is 66.0 Å². The molecule has 0 aliphatic carbocycles. The van der Waals surface area contributed by atoms with Crippen LogP contribution in [0.4, 0.5) is 31.5 Å². The number of amides is 1. The molecule has 45 heavy (non-hydrogen) atoms. The molecule has 0 bridgehead atoms. The van der Waals surface area contributed by atoms with Crippen molar-refractivity contribution in [3.63, 3.8) is 0 Å². The third-order valence-corrected chi connectivity index (χ3v) is 9.53. The summed E-state index contributed by atoms with van der Waals surface area (Å²) < 4.78 is 112. The normalized spacial score (nSPS) is 16.5. The van der Waals surface area contributed by atoms with Gasteiger partial charge >= 0.3 is 12.7 Å². The van der Waals surface area contributed by atoms with Crippen LogP contribution in [-0.2, 0) is 21.4 Å². The van der Waals surface area contributed by atoms with Gasteiger partial charge in [0.1, 0.15) is 23.1 Å². The van der Waals surface area contributed by atoms with Crippen molar-refractivity contribution in [2.45, 2.75) is 37.1 Å². The van der Waals surface area contributed by atoms with Gasteiger partial charge in [-0.1, -0.05) is 23.5 Å². The number of hydrogen-bond acceptors (Lipinski definition) is 10. The van der Waals surface area contributed by atoms with Crippen LogP contribution >= 0.6 is 11.3 Å². The highest BCUT2D eigenvalue weighted by Gasteiger charge is 2.41. The number of anilines is 1. The molecular formula is C26H22F6N6O5S2. The van der Waals surface area contributed by atoms with Gasteiger partial charge in [0.2, 0.25) is 15.9 Å². The maximum absolute atomic E-state index is 13.7. The van der Waals surface area contributed by atoms with Crippen molar-refractivity contribution in [3.8, 4) is 11.5 Å². The van der Waals surface area contributed by atoms with Gasteiger partial charge in [-0.25, -0.2) is 13.4 Å². The number of carbonyl (C=O) groups is 1. The van der Waals surface area contributed by atoms with E-state index in [2.05, 4.69) is 30.0 Å². The monoisotopic (exact) mass is 676 g/mol. The minimum Gasteiger partial charge on any atom is -0.406 e. The number of ether oxygens (including phenoxy) is 2. The first-order valence-corrected chi connectivity index (χ1v) is 15.2. The van der Waals surface area contributed by atoms with E-state index in [0.29, 0.717) is 21.9 Å². The zero-order chi connectivity index (χ0) is 32.6. The van der Waals surface area contributed by atoms with Crippen molar-refractivity contribution in [2.24, 2.45) is 0 Å². The van der Waals surface area contributed by atoms with Crippen LogP contribution in [0.1, 0.15) is 11.3 Å². The Labute approximate surface area is 255 Å². The molecule has 0 saturated carbocycles. The molecule has 1 N–H and O–H groups in total. The van der Waals surface area contributed by atoms with Crippen molar-refractivity contribution in [1.82, 2.24) is 24.8 Å². The largest absolute Gasteiger partial charge is 0.573 e. The number of halogens is 6. The molecule has 1 atom stereocenters. The van der Waals surface area contributed by atoms with E-state index in [0.717, 1.165) is 45.4 Å². The number of nitrogens with one attached hydrogen (secondary N) is 1. The maximum Gasteiger partial charge on any atom is 0.573 e. The van der Waals surface area contributed by atoms with Crippen LogP contribution in [-0.4, -0.2) is 72.2 Å². The summed E-state index contributed by atoms with van der Waals surface area (Å²) in [5.74, 6) is -1.81. The zero-order valence-corrected chi connectivity index (χ0v) is 24.6. The van der Waals surface area contributed by atoms with Gasteiger partial charge in [-0.05, 0) is 48.9 Å². The second kappa shape index (κ2) is 12.3. The number of aryl methyl sites for hydroxylation is 1. The summed E-state index contributed by atoms with van der Waals surface area (Å²) in [6, 6.07) is 7.01. The first kappa shape index (κ1) is 32.2. The number of fused-ring (bicyclic) bond motifs is 1. The van der Waals surface area contributed by atoms with Crippen molar-refractivity contribution in [1.29, 1.82) is 0 Å². The number of piperazine rings is 1. The molecule has 1 saturated heterocycles. The number of nitrogens with zero attached hydrogens (tertiary/aromatic N) is 5. The Balaban J connectivity index is 1.39. The fourth-order valence-electron chi connectivity index (χ4n) is 4.52. The van der Waals surface area contributed by atoms with Gasteiger partial charge in [0.05, 0.1) is 21.5 Å². The lowest BCUT2D eigenvalue weighted by Gasteiger charge is -2.39. The molecule has 11 nitrogen and oxygen atoms in total. The second-order valence-corrected chi connectivity index (χ2v) is 12.5. The first-order valence-electron chi connectivity index (χ1n) is 12.9. The fraction of sp³-hybridized carbons (Fsp3) is 0.308. The van der Waals surface area contributed by atoms with Gasteiger partial charge in [0, 0.05) is 26.2 Å². The summed E-state index contributed by atoms with van der Waals surface area (Å²) in [7, 11) is -4.41. The summed E-state index contributed by atoms with van der Waals surface area (Å²) in [6.45, 7) is 1.37. The molecular weight excluding hydrogens is 654 g/mol. The molecule has 1 aliphatic heterocycles. The maximum atomic E-state index is 13.7. The first-order chi connectivity index (χ1) is 21.1. The SMILES string of the molecule is Cc1nncc2sc(N3CCN(S(=O)(=O)c4ccc(OC(F)(F)F)cc4)[C@@H](C(=O)NCc4ccc(OC(F)(F)F)cc4)C3)nc12. The highest BCUT2D eigenvalue weighted by molar-refractivity contribution is 7.89. The number of alkyl halides is 6. The number of rotatable bonds is 8. The van der Waals surface area contributed by atoms with Gasteiger partial charge in [-0.2, -0.15) is 14.5 Å². The molecule has 5 rings (SSSR count). The van der Waals surface area contributed by atoms with Crippen LogP contribution in [0.3, 0.4) is 0 Å². The standard InChI is InChI=1S/C26H22F6N6O5S2/c1-15-22-21(13-34-36-15)44-24(35-22)37-10-11-38(45(40,41)19-8-6-18(7-9-19)43-26(30,31)32)20(14-37)23(39)33-12-16-2-4-17(5-3-16)42-25(27,28)29/h2-9,13,20H,10-12,14H2,1H3,(H,33,39)/t20-/m1/s1. The summed E-state index contributed by atoms with van der Waals surface area (Å²) in [5, 5.41) is 11.0. The average molecular weight is 677 g/mol. The quantitative estimate of drug-likeness (QED) is 0.271. The molecule has 2 aromatic carbocycles. The van der Waals surface area contributed by atoms with E-state index in [9.17, 15) is 39.6 Å². The number of sulfonamides is 1. The third-order valence-electron chi connectivity index (χ3n) is 6.56. The number of thiazole rings is 1. The minimum absolute atomic E-state index is 0.124. The van der Waals surface area contributed by atoms with E-state index in [4.69, 9.17) is 0 Å². The Morgan fingerprint density at radius 1 is 0.978 bits per heavy atom. The molecule has 1 aliphatic rings. The molecule has 240 valence electrons. The third kappa shape index (κ3) is 7.71. The zero-order valence-electron chi connectivity index (χ0n) is 23.0. The van der Waals surface area contributed by atoms with Crippen LogP contribution in [0.5, 0.6) is 11.5 Å². The van der Waals surface area contributed by atoms with Gasteiger partial charge in [0.25, 0.3) is 0 Å². The van der Waals surface area contributed by atoms with Crippen LogP contribution in [0.2, 0.25) is 0 Å². The topological polar surface area (TPSA) is 127 Å². The number of hydrogen-bond donors (Lipinski definition) is 1. The highest BCUT2D eigenvalue weighted by Crippen LogP contribution is 2.33. The smallest absolute Gasteiger partial charge is 0.406 e. The van der Waals surface area contributed by atoms with Crippen LogP contribution in [0.15, 0.2) is 59.6 Å². The van der Waals surface area contributed by atoms with Crippen molar-refractivity contribution in [2.75, 3.05) is 24.5 Å². The Kier molecular flexibility index (Phi) is 8.78. The Morgan fingerprint density at radius 3 is 2.16 bits per heavy atom. The number of aromatic nitrogens is 3. The summed E-state index contributed by atoms with van der Waals surface area (Å²) in [5.41, 5.74) is 1.58. The van der Waals surface area contributed by atoms with E-state index in [1.807, 2.05) is 0 Å². The average Bonchev–Trinajstić information content (AvgIpc) is 3.41. The lowest BCUT2D eigenvalue weighted by Crippen LogP contribution is -2.60. The second-order valence-electron chi connectivity index (χ2n) is 9.65. The van der Waals surface area contributed by atoms with Gasteiger partial charge in [-0.15, -0.1) is 26.3 Å². The fourth-order valence-corrected chi connectivity index (χ4v) is 7.11. The van der Waals surface area contributed by atoms with Crippen LogP contribution in [0.25, 0.3) is 10.2 Å². The molecule has 4 aromatic rings. The van der Waals surface area contributed by atoms with Gasteiger partial charge in [0.15, 0.2) is 5.13 Å². The predicted molar refractivity (Wildman–Crippen MR) is 148 cm³/mol. The molecule has 2 aromatic heterocycles. The van der Waals surface area contributed by atoms with E-state index in [1.165, 1.54) is 29.7 Å². The minimum atomic E-state index is -4.98. The molecule has 0 unspecified atom stereocenters. The van der Waals surface area contributed by atoms with E-state index in [-0.39, 0.29) is 31.1 Å². The number of carbonyl (C=O) groups excluding carboxylic acids is 1. The van der Waals surface area contributed by atoms with Gasteiger partial charge < -0.3 is 19.7 Å². The molecule has 1 amide bonds. The molecule has 1 fully saturated rings. The lowest BCUT2D eigenvalue weighted by atomic mass is 10.1. The number of benzene rings is 2. The van der Waals surface area contributed by atoms with Crippen molar-refractivity contribution >= 4 is 42.6 Å². The van der Waals surface area contributed by atoms with Gasteiger partial charge in [-0.3, -0.25) is 4.79 Å². The van der Waals surface area contributed by atoms with E-state index in [1.54, 1.807) is 11.8 Å². The molecule has 3 heterocycles. The molecule has 0 spiro atoms. The summed E-state index contributed by atoms with van der Waals surface area (Å²) in [6.07, 6.45) is -8.32. The Morgan fingerprint density at radius 2 is 1.58 bits per heavy atom. The van der Waals surface area contributed by atoms with Crippen LogP contribution in [0, 0.1) is 6.92 Å². The van der Waals surface area contributed by atoms with E-state index >= 15 is 0 Å². The molecule has 0 radical (unpaired) electrons. The van der Waals surface area contributed by atoms with Crippen LogP contribution < -0.4 is 19.7 Å². The highest BCUT2D eigenvalue weighted by atomic mass is 32.2. The summed E-state index contributed by atoms with van der Waals surface area (Å²) in [4.78, 5) is 19.5. The van der Waals surface area contributed by atoms with Crippen molar-refractivity contribution < 1.29 is 49.0 Å². The Bertz CT molecular complexity index is 1780. The predicted octanol–water partition coefficient (Wildman–Crippen LogP) is 4.39.